The molecule has 0 heterocycles. The maximum atomic E-state index is 5.86. The van der Waals surface area contributed by atoms with Gasteiger partial charge in [-0.3, -0.25) is 0 Å². The number of thioether (sulfide) groups is 4. The molecule has 1 aromatic rings. The van der Waals surface area contributed by atoms with Crippen LogP contribution >= 0.6 is 72.3 Å². The molecule has 0 aliphatic rings. The summed E-state index contributed by atoms with van der Waals surface area (Å²) in [7, 11) is 0. The summed E-state index contributed by atoms with van der Waals surface area (Å²) in [5.41, 5.74) is 1.42. The Hall–Kier alpha value is 1.12. The summed E-state index contributed by atoms with van der Waals surface area (Å²) >= 11 is 16.6. The number of thiol groups is 2. The number of hydrogen-bond donors (Lipinski definition) is 2. The molecule has 1 nitrogen and oxygen atoms in total. The number of benzene rings is 1. The first-order valence-electron chi connectivity index (χ1n) is 9.61. The SMILES string of the molecule is SCCSCCSCCCOc1ccc(CCCSCCSCCS)cc1. The summed E-state index contributed by atoms with van der Waals surface area (Å²) in [5.74, 6) is 12.7. The van der Waals surface area contributed by atoms with E-state index in [0.717, 1.165) is 36.0 Å². The predicted octanol–water partition coefficient (Wildman–Crippen LogP) is 6.18. The Morgan fingerprint density at radius 1 is 0.630 bits per heavy atom. The van der Waals surface area contributed by atoms with Crippen LogP contribution in [0.1, 0.15) is 18.4 Å². The Bertz CT molecular complexity index is 429. The molecule has 0 saturated carbocycles. The number of aryl methyl sites for hydroxylation is 1. The molecular weight excluding hydrogens is 449 g/mol. The van der Waals surface area contributed by atoms with Gasteiger partial charge in [0.15, 0.2) is 0 Å². The molecule has 0 spiro atoms. The van der Waals surface area contributed by atoms with Gasteiger partial charge in [-0.05, 0) is 60.0 Å². The summed E-state index contributed by atoms with van der Waals surface area (Å²) in [5, 5.41) is 0. The summed E-state index contributed by atoms with van der Waals surface area (Å²) in [4.78, 5) is 0. The second-order valence-corrected chi connectivity index (χ2v) is 11.6. The number of ether oxygens (including phenoxy) is 1. The van der Waals surface area contributed by atoms with E-state index >= 15 is 0 Å². The lowest BCUT2D eigenvalue weighted by Crippen LogP contribution is -2.00. The van der Waals surface area contributed by atoms with Crippen molar-refractivity contribution in [2.75, 3.05) is 64.1 Å². The number of rotatable bonds is 19. The van der Waals surface area contributed by atoms with Gasteiger partial charge in [-0.15, -0.1) is 0 Å². The third-order valence-electron chi connectivity index (χ3n) is 3.59. The van der Waals surface area contributed by atoms with Crippen LogP contribution in [0.2, 0.25) is 0 Å². The first-order valence-corrected chi connectivity index (χ1v) is 15.5. The molecule has 0 aromatic heterocycles. The van der Waals surface area contributed by atoms with Crippen LogP contribution < -0.4 is 4.74 Å². The first-order chi connectivity index (χ1) is 13.4. The van der Waals surface area contributed by atoms with Crippen molar-refractivity contribution in [1.29, 1.82) is 0 Å². The second-order valence-electron chi connectivity index (χ2n) is 5.85. The van der Waals surface area contributed by atoms with Crippen LogP contribution in [0.3, 0.4) is 0 Å². The molecule has 0 saturated heterocycles. The number of hydrogen-bond acceptors (Lipinski definition) is 7. The van der Waals surface area contributed by atoms with Crippen molar-refractivity contribution in [1.82, 2.24) is 0 Å². The van der Waals surface area contributed by atoms with Gasteiger partial charge in [-0.25, -0.2) is 0 Å². The van der Waals surface area contributed by atoms with Gasteiger partial charge >= 0.3 is 0 Å². The standard InChI is InChI=1S/C20H34OS6/c22-9-13-26-17-15-24-11-1-3-19-4-6-20(7-5-19)21-8-2-12-25-16-18-27-14-10-23/h4-7,22-23H,1-3,8-18H2. The normalized spacial score (nSPS) is 11.0. The molecule has 0 fully saturated rings. The van der Waals surface area contributed by atoms with Crippen molar-refractivity contribution >= 4 is 72.3 Å². The summed E-state index contributed by atoms with van der Waals surface area (Å²) in [6.07, 6.45) is 3.54. The van der Waals surface area contributed by atoms with Crippen molar-refractivity contribution < 1.29 is 4.74 Å². The average Bonchev–Trinajstić information content (AvgIpc) is 2.70. The van der Waals surface area contributed by atoms with Crippen LogP contribution in [0, 0.1) is 0 Å². The molecule has 0 unspecified atom stereocenters. The Labute approximate surface area is 194 Å². The monoisotopic (exact) mass is 482 g/mol. The van der Waals surface area contributed by atoms with E-state index < -0.39 is 0 Å². The second kappa shape index (κ2) is 20.4. The maximum Gasteiger partial charge on any atom is 0.119 e. The summed E-state index contributed by atoms with van der Waals surface area (Å²) < 4.78 is 5.86. The Balaban J connectivity index is 1.96. The van der Waals surface area contributed by atoms with Crippen molar-refractivity contribution in [3.05, 3.63) is 29.8 Å². The van der Waals surface area contributed by atoms with E-state index in [9.17, 15) is 0 Å². The predicted molar refractivity (Wildman–Crippen MR) is 142 cm³/mol. The topological polar surface area (TPSA) is 9.23 Å². The molecule has 0 radical (unpaired) electrons. The van der Waals surface area contributed by atoms with Gasteiger partial charge in [0.25, 0.3) is 0 Å². The van der Waals surface area contributed by atoms with Gasteiger partial charge in [0.05, 0.1) is 6.61 Å². The smallest absolute Gasteiger partial charge is 0.119 e. The van der Waals surface area contributed by atoms with Crippen molar-refractivity contribution in [3.8, 4) is 5.75 Å². The molecule has 1 aromatic carbocycles. The maximum absolute atomic E-state index is 5.86. The zero-order valence-corrected chi connectivity index (χ0v) is 21.2. The fourth-order valence-electron chi connectivity index (χ4n) is 2.25. The van der Waals surface area contributed by atoms with Crippen LogP contribution in [-0.4, -0.2) is 64.1 Å². The van der Waals surface area contributed by atoms with Gasteiger partial charge in [0.1, 0.15) is 5.75 Å². The third kappa shape index (κ3) is 16.6. The lowest BCUT2D eigenvalue weighted by atomic mass is 10.1. The Kier molecular flexibility index (Phi) is 19.8. The van der Waals surface area contributed by atoms with E-state index in [2.05, 4.69) is 61.3 Å². The van der Waals surface area contributed by atoms with Gasteiger partial charge < -0.3 is 4.74 Å². The van der Waals surface area contributed by atoms with Crippen LogP contribution in [-0.2, 0) is 6.42 Å². The Morgan fingerprint density at radius 2 is 1.15 bits per heavy atom. The van der Waals surface area contributed by atoms with Crippen LogP contribution in [0.25, 0.3) is 0 Å². The van der Waals surface area contributed by atoms with E-state index in [1.807, 2.05) is 35.3 Å². The van der Waals surface area contributed by atoms with Crippen molar-refractivity contribution in [3.63, 3.8) is 0 Å². The summed E-state index contributed by atoms with van der Waals surface area (Å²) in [6.45, 7) is 0.817. The molecular formula is C20H34OS6. The minimum absolute atomic E-state index is 0.817. The van der Waals surface area contributed by atoms with E-state index in [4.69, 9.17) is 4.74 Å². The van der Waals surface area contributed by atoms with E-state index in [1.165, 1.54) is 58.7 Å². The van der Waals surface area contributed by atoms with E-state index in [1.54, 1.807) is 0 Å². The highest BCUT2D eigenvalue weighted by atomic mass is 32.2. The van der Waals surface area contributed by atoms with E-state index in [-0.39, 0.29) is 0 Å². The van der Waals surface area contributed by atoms with Gasteiger partial charge in [0, 0.05) is 34.5 Å². The highest BCUT2D eigenvalue weighted by molar-refractivity contribution is 8.03. The van der Waals surface area contributed by atoms with Crippen LogP contribution in [0.15, 0.2) is 24.3 Å². The largest absolute Gasteiger partial charge is 0.494 e. The Morgan fingerprint density at radius 3 is 1.70 bits per heavy atom. The quantitative estimate of drug-likeness (QED) is 0.179. The van der Waals surface area contributed by atoms with Gasteiger partial charge in [0.2, 0.25) is 0 Å². The molecule has 7 heteroatoms. The van der Waals surface area contributed by atoms with Crippen molar-refractivity contribution in [2.24, 2.45) is 0 Å². The zero-order chi connectivity index (χ0) is 19.4. The van der Waals surface area contributed by atoms with E-state index in [0.29, 0.717) is 0 Å². The van der Waals surface area contributed by atoms with Crippen molar-refractivity contribution in [2.45, 2.75) is 19.3 Å². The van der Waals surface area contributed by atoms with Crippen LogP contribution in [0.5, 0.6) is 5.75 Å². The van der Waals surface area contributed by atoms with Gasteiger partial charge in [-0.1, -0.05) is 12.1 Å². The minimum atomic E-state index is 0.817. The first kappa shape index (κ1) is 26.2. The van der Waals surface area contributed by atoms with Gasteiger partial charge in [-0.2, -0.15) is 72.3 Å². The lowest BCUT2D eigenvalue weighted by molar-refractivity contribution is 0.318. The third-order valence-corrected chi connectivity index (χ3v) is 9.28. The molecule has 27 heavy (non-hydrogen) atoms. The molecule has 1 rings (SSSR count). The minimum Gasteiger partial charge on any atom is -0.494 e. The molecule has 0 amide bonds. The molecule has 0 aliphatic heterocycles. The average molecular weight is 483 g/mol. The fraction of sp³-hybridized carbons (Fsp3) is 0.700. The molecule has 0 bridgehead atoms. The molecule has 0 atom stereocenters. The highest BCUT2D eigenvalue weighted by Gasteiger charge is 1.98. The van der Waals surface area contributed by atoms with Crippen LogP contribution in [0.4, 0.5) is 0 Å². The molecule has 0 aliphatic carbocycles. The zero-order valence-electron chi connectivity index (χ0n) is 16.1. The lowest BCUT2D eigenvalue weighted by Gasteiger charge is -2.07. The molecule has 0 N–H and O–H groups in total. The highest BCUT2D eigenvalue weighted by Crippen LogP contribution is 2.16. The molecule has 156 valence electrons. The fourth-order valence-corrected chi connectivity index (χ4v) is 6.66. The summed E-state index contributed by atoms with van der Waals surface area (Å²) in [6, 6.07) is 8.68.